The first kappa shape index (κ1) is 15.8. The lowest BCUT2D eigenvalue weighted by atomic mass is 9.97. The number of amides is 3. The largest absolute Gasteiger partial charge is 0.396 e. The first-order chi connectivity index (χ1) is 8.94. The number of nitrogens with one attached hydrogen (secondary N) is 2. The zero-order chi connectivity index (χ0) is 14.5. The van der Waals surface area contributed by atoms with Gasteiger partial charge in [-0.15, -0.1) is 0 Å². The quantitative estimate of drug-likeness (QED) is 0.512. The molecule has 1 rings (SSSR count). The van der Waals surface area contributed by atoms with Crippen molar-refractivity contribution >= 4 is 11.9 Å². The molecule has 0 aliphatic heterocycles. The molecule has 2 atom stereocenters. The first-order valence-electron chi connectivity index (χ1n) is 6.88. The number of carbonyl (C=O) groups is 2. The van der Waals surface area contributed by atoms with Crippen molar-refractivity contribution in [2.45, 2.75) is 45.6 Å². The number of carbonyl (C=O) groups excluding carboxylic acids is 2. The van der Waals surface area contributed by atoms with Gasteiger partial charge in [0.15, 0.2) is 0 Å². The van der Waals surface area contributed by atoms with E-state index in [4.69, 9.17) is 10.8 Å². The van der Waals surface area contributed by atoms with Crippen LogP contribution in [0.2, 0.25) is 0 Å². The van der Waals surface area contributed by atoms with E-state index in [9.17, 15) is 9.59 Å². The Balaban J connectivity index is 2.50. The molecule has 1 aliphatic carbocycles. The fourth-order valence-electron chi connectivity index (χ4n) is 2.17. The normalized spacial score (nSPS) is 19.3. The lowest BCUT2D eigenvalue weighted by Gasteiger charge is -2.24. The number of aliphatic hydroxyl groups excluding tert-OH is 1. The third kappa shape index (κ3) is 4.70. The number of urea groups is 1. The molecule has 6 heteroatoms. The van der Waals surface area contributed by atoms with Crippen LogP contribution in [-0.2, 0) is 4.79 Å². The molecular formula is C13H25N3O3. The molecule has 0 aromatic carbocycles. The Morgan fingerprint density at radius 3 is 2.47 bits per heavy atom. The van der Waals surface area contributed by atoms with E-state index in [1.165, 1.54) is 0 Å². The van der Waals surface area contributed by atoms with Gasteiger partial charge in [-0.3, -0.25) is 4.79 Å². The van der Waals surface area contributed by atoms with Gasteiger partial charge < -0.3 is 21.5 Å². The summed E-state index contributed by atoms with van der Waals surface area (Å²) in [5.74, 6) is -0.169. The Morgan fingerprint density at radius 1 is 1.42 bits per heavy atom. The van der Waals surface area contributed by atoms with E-state index in [1.54, 1.807) is 0 Å². The van der Waals surface area contributed by atoms with Crippen molar-refractivity contribution in [1.82, 2.24) is 10.6 Å². The van der Waals surface area contributed by atoms with Crippen LogP contribution >= 0.6 is 0 Å². The van der Waals surface area contributed by atoms with Gasteiger partial charge >= 0.3 is 6.03 Å². The molecule has 1 saturated carbocycles. The van der Waals surface area contributed by atoms with Crippen molar-refractivity contribution in [3.05, 3.63) is 0 Å². The van der Waals surface area contributed by atoms with Crippen LogP contribution in [0.5, 0.6) is 0 Å². The highest BCUT2D eigenvalue weighted by Crippen LogP contribution is 2.47. The van der Waals surface area contributed by atoms with E-state index in [0.717, 1.165) is 19.3 Å². The van der Waals surface area contributed by atoms with Crippen LogP contribution in [0.1, 0.15) is 39.5 Å². The summed E-state index contributed by atoms with van der Waals surface area (Å²) in [7, 11) is 0. The van der Waals surface area contributed by atoms with E-state index in [-0.39, 0.29) is 23.8 Å². The Bertz CT molecular complexity index is 329. The summed E-state index contributed by atoms with van der Waals surface area (Å²) in [6, 6.07) is -1.27. The number of hydrogen-bond donors (Lipinski definition) is 4. The molecule has 0 spiro atoms. The third-order valence-electron chi connectivity index (χ3n) is 4.03. The van der Waals surface area contributed by atoms with Crippen LogP contribution < -0.4 is 16.4 Å². The monoisotopic (exact) mass is 271 g/mol. The summed E-state index contributed by atoms with van der Waals surface area (Å²) in [5, 5.41) is 14.3. The standard InChI is InChI=1S/C13H25N3O3/c1-3-9(2)10(16-12(14)19)11(18)15-8-13(4-5-13)6-7-17/h9-10,17H,3-8H2,1-2H3,(H,15,18)(H3,14,16,19). The zero-order valence-corrected chi connectivity index (χ0v) is 11.7. The lowest BCUT2D eigenvalue weighted by Crippen LogP contribution is -2.52. The van der Waals surface area contributed by atoms with Gasteiger partial charge in [0, 0.05) is 13.2 Å². The molecule has 0 saturated heterocycles. The second-order valence-electron chi connectivity index (χ2n) is 5.56. The van der Waals surface area contributed by atoms with Crippen molar-refractivity contribution in [2.24, 2.45) is 17.1 Å². The van der Waals surface area contributed by atoms with Gasteiger partial charge in [-0.05, 0) is 30.6 Å². The molecule has 0 radical (unpaired) electrons. The van der Waals surface area contributed by atoms with Gasteiger partial charge in [-0.2, -0.15) is 0 Å². The van der Waals surface area contributed by atoms with Crippen LogP contribution in [0.25, 0.3) is 0 Å². The number of hydrogen-bond acceptors (Lipinski definition) is 3. The molecular weight excluding hydrogens is 246 g/mol. The summed E-state index contributed by atoms with van der Waals surface area (Å²) < 4.78 is 0. The Kier molecular flexibility index (Phi) is 5.60. The van der Waals surface area contributed by atoms with E-state index < -0.39 is 12.1 Å². The maximum absolute atomic E-state index is 12.1. The molecule has 0 heterocycles. The Hall–Kier alpha value is -1.30. The maximum atomic E-state index is 12.1. The minimum absolute atomic E-state index is 0.0282. The summed E-state index contributed by atoms with van der Waals surface area (Å²) in [6.07, 6.45) is 3.56. The Labute approximate surface area is 114 Å². The van der Waals surface area contributed by atoms with Crippen LogP contribution in [0.3, 0.4) is 0 Å². The SMILES string of the molecule is CCC(C)C(NC(N)=O)C(=O)NCC1(CCO)CC1. The highest BCUT2D eigenvalue weighted by atomic mass is 16.3. The van der Waals surface area contributed by atoms with Gasteiger partial charge in [-0.25, -0.2) is 4.79 Å². The number of nitrogens with two attached hydrogens (primary N) is 1. The lowest BCUT2D eigenvalue weighted by molar-refractivity contribution is -0.124. The molecule has 0 aromatic rings. The van der Waals surface area contributed by atoms with E-state index >= 15 is 0 Å². The average Bonchev–Trinajstić information content (AvgIpc) is 3.13. The van der Waals surface area contributed by atoms with Crippen molar-refractivity contribution in [3.63, 3.8) is 0 Å². The van der Waals surface area contributed by atoms with Gasteiger partial charge in [0.25, 0.3) is 0 Å². The minimum Gasteiger partial charge on any atom is -0.396 e. The third-order valence-corrected chi connectivity index (χ3v) is 4.03. The molecule has 1 fully saturated rings. The molecule has 5 N–H and O–H groups in total. The Morgan fingerprint density at radius 2 is 2.05 bits per heavy atom. The van der Waals surface area contributed by atoms with E-state index in [0.29, 0.717) is 13.0 Å². The summed E-state index contributed by atoms with van der Waals surface area (Å²) in [6.45, 7) is 4.56. The minimum atomic E-state index is -0.683. The summed E-state index contributed by atoms with van der Waals surface area (Å²) >= 11 is 0. The molecule has 2 unspecified atom stereocenters. The van der Waals surface area contributed by atoms with Gasteiger partial charge in [0.1, 0.15) is 6.04 Å². The van der Waals surface area contributed by atoms with E-state index in [2.05, 4.69) is 10.6 Å². The van der Waals surface area contributed by atoms with Gasteiger partial charge in [0.05, 0.1) is 0 Å². The summed E-state index contributed by atoms with van der Waals surface area (Å²) in [5.41, 5.74) is 5.17. The second-order valence-corrected chi connectivity index (χ2v) is 5.56. The fraction of sp³-hybridized carbons (Fsp3) is 0.846. The average molecular weight is 271 g/mol. The summed E-state index contributed by atoms with van der Waals surface area (Å²) in [4.78, 5) is 23.1. The van der Waals surface area contributed by atoms with Crippen LogP contribution in [0, 0.1) is 11.3 Å². The van der Waals surface area contributed by atoms with Crippen LogP contribution in [0.4, 0.5) is 4.79 Å². The predicted octanol–water partition coefficient (Wildman–Crippen LogP) is 0.348. The molecule has 0 aromatic heterocycles. The van der Waals surface area contributed by atoms with Crippen molar-refractivity contribution < 1.29 is 14.7 Å². The van der Waals surface area contributed by atoms with Crippen molar-refractivity contribution in [2.75, 3.05) is 13.2 Å². The number of rotatable bonds is 8. The van der Waals surface area contributed by atoms with E-state index in [1.807, 2.05) is 13.8 Å². The number of primary amides is 1. The van der Waals surface area contributed by atoms with Crippen molar-refractivity contribution in [3.8, 4) is 0 Å². The predicted molar refractivity (Wildman–Crippen MR) is 72.3 cm³/mol. The molecule has 1 aliphatic rings. The highest BCUT2D eigenvalue weighted by Gasteiger charge is 2.42. The smallest absolute Gasteiger partial charge is 0.312 e. The van der Waals surface area contributed by atoms with Crippen LogP contribution in [-0.4, -0.2) is 36.2 Å². The fourth-order valence-corrected chi connectivity index (χ4v) is 2.17. The highest BCUT2D eigenvalue weighted by molar-refractivity contribution is 5.86. The van der Waals surface area contributed by atoms with Crippen molar-refractivity contribution in [1.29, 1.82) is 0 Å². The second kappa shape index (κ2) is 6.75. The van der Waals surface area contributed by atoms with Crippen LogP contribution in [0.15, 0.2) is 0 Å². The molecule has 110 valence electrons. The zero-order valence-electron chi connectivity index (χ0n) is 11.7. The topological polar surface area (TPSA) is 104 Å². The molecule has 3 amide bonds. The molecule has 0 bridgehead atoms. The molecule has 19 heavy (non-hydrogen) atoms. The van der Waals surface area contributed by atoms with Gasteiger partial charge in [-0.1, -0.05) is 20.3 Å². The maximum Gasteiger partial charge on any atom is 0.312 e. The first-order valence-corrected chi connectivity index (χ1v) is 6.88. The van der Waals surface area contributed by atoms with Gasteiger partial charge in [0.2, 0.25) is 5.91 Å². The molecule has 6 nitrogen and oxygen atoms in total. The number of aliphatic hydroxyl groups is 1.